The van der Waals surface area contributed by atoms with E-state index in [1.54, 1.807) is 18.5 Å². The molecule has 0 aliphatic carbocycles. The quantitative estimate of drug-likeness (QED) is 0.633. The van der Waals surface area contributed by atoms with E-state index in [1.165, 1.54) is 24.0 Å². The Labute approximate surface area is 175 Å². The molecule has 0 spiro atoms. The summed E-state index contributed by atoms with van der Waals surface area (Å²) in [5.74, 6) is 0.703. The molecule has 0 N–H and O–H groups in total. The first-order chi connectivity index (χ1) is 14.2. The highest BCUT2D eigenvalue weighted by Gasteiger charge is 2.22. The summed E-state index contributed by atoms with van der Waals surface area (Å²) in [4.78, 5) is 21.1. The number of nitrogens with zero attached hydrogens (tertiary/aromatic N) is 3. The molecule has 4 heteroatoms. The Morgan fingerprint density at radius 2 is 1.90 bits per heavy atom. The highest BCUT2D eigenvalue weighted by atomic mass is 16.2. The number of carbonyl (C=O) groups excluding carboxylic acids is 1. The zero-order chi connectivity index (χ0) is 20.5. The summed E-state index contributed by atoms with van der Waals surface area (Å²) in [5, 5.41) is 0. The molecule has 1 aliphatic rings. The molecule has 1 aliphatic heterocycles. The smallest absolute Gasteiger partial charge is 0.246 e. The third-order valence-corrected chi connectivity index (χ3v) is 5.96. The van der Waals surface area contributed by atoms with E-state index >= 15 is 0 Å². The molecule has 0 bridgehead atoms. The Morgan fingerprint density at radius 3 is 2.59 bits per heavy atom. The highest BCUT2D eigenvalue weighted by Crippen LogP contribution is 2.19. The van der Waals surface area contributed by atoms with Gasteiger partial charge in [0.05, 0.1) is 0 Å². The van der Waals surface area contributed by atoms with Crippen molar-refractivity contribution in [2.45, 2.75) is 33.1 Å². The minimum atomic E-state index is 0.103. The van der Waals surface area contributed by atoms with Crippen molar-refractivity contribution >= 4 is 12.0 Å². The maximum Gasteiger partial charge on any atom is 0.246 e. The summed E-state index contributed by atoms with van der Waals surface area (Å²) in [5.41, 5.74) is 3.85. The number of benzene rings is 1. The lowest BCUT2D eigenvalue weighted by Crippen LogP contribution is -2.41. The maximum atomic E-state index is 12.6. The highest BCUT2D eigenvalue weighted by molar-refractivity contribution is 5.91. The Hall–Kier alpha value is -2.46. The number of pyridine rings is 1. The van der Waals surface area contributed by atoms with Crippen LogP contribution in [0, 0.1) is 12.8 Å². The van der Waals surface area contributed by atoms with E-state index in [2.05, 4.69) is 48.0 Å². The van der Waals surface area contributed by atoms with Gasteiger partial charge >= 0.3 is 0 Å². The van der Waals surface area contributed by atoms with Crippen LogP contribution in [0.1, 0.15) is 36.5 Å². The molecule has 0 unspecified atom stereocenters. The second kappa shape index (κ2) is 10.9. The Kier molecular flexibility index (Phi) is 8.00. The van der Waals surface area contributed by atoms with Gasteiger partial charge in [-0.05, 0) is 87.0 Å². The van der Waals surface area contributed by atoms with Crippen molar-refractivity contribution in [3.05, 3.63) is 71.6 Å². The first-order valence-electron chi connectivity index (χ1n) is 10.8. The number of piperidine rings is 1. The number of hydrogen-bond donors (Lipinski definition) is 0. The van der Waals surface area contributed by atoms with Crippen molar-refractivity contribution in [2.24, 2.45) is 5.92 Å². The van der Waals surface area contributed by atoms with Gasteiger partial charge in [-0.25, -0.2) is 0 Å². The average molecular weight is 392 g/mol. The Balaban J connectivity index is 1.43. The summed E-state index contributed by atoms with van der Waals surface area (Å²) in [6.45, 7) is 9.28. The van der Waals surface area contributed by atoms with Crippen LogP contribution in [0.25, 0.3) is 6.08 Å². The van der Waals surface area contributed by atoms with E-state index in [0.29, 0.717) is 5.92 Å². The fraction of sp³-hybridized carbons (Fsp3) is 0.440. The lowest BCUT2D eigenvalue weighted by Gasteiger charge is -2.34. The van der Waals surface area contributed by atoms with Gasteiger partial charge in [0.25, 0.3) is 0 Å². The number of aromatic nitrogens is 1. The summed E-state index contributed by atoms with van der Waals surface area (Å²) >= 11 is 0. The summed E-state index contributed by atoms with van der Waals surface area (Å²) in [7, 11) is 0. The Morgan fingerprint density at radius 1 is 1.17 bits per heavy atom. The molecule has 0 saturated carbocycles. The van der Waals surface area contributed by atoms with Crippen LogP contribution in [0.5, 0.6) is 0 Å². The molecule has 29 heavy (non-hydrogen) atoms. The van der Waals surface area contributed by atoms with Gasteiger partial charge in [-0.2, -0.15) is 0 Å². The topological polar surface area (TPSA) is 36.4 Å². The lowest BCUT2D eigenvalue weighted by atomic mass is 9.95. The monoisotopic (exact) mass is 391 g/mol. The molecule has 1 amide bonds. The van der Waals surface area contributed by atoms with Crippen molar-refractivity contribution in [1.29, 1.82) is 0 Å². The third kappa shape index (κ3) is 6.53. The molecule has 2 heterocycles. The van der Waals surface area contributed by atoms with Crippen LogP contribution in [-0.2, 0) is 11.2 Å². The molecule has 0 radical (unpaired) electrons. The van der Waals surface area contributed by atoms with Gasteiger partial charge in [0.15, 0.2) is 0 Å². The lowest BCUT2D eigenvalue weighted by molar-refractivity contribution is -0.126. The second-order valence-corrected chi connectivity index (χ2v) is 7.95. The largest absolute Gasteiger partial charge is 0.339 e. The predicted molar refractivity (Wildman–Crippen MR) is 120 cm³/mol. The number of carbonyl (C=O) groups is 1. The van der Waals surface area contributed by atoms with E-state index in [-0.39, 0.29) is 5.91 Å². The van der Waals surface area contributed by atoms with Crippen LogP contribution in [0.4, 0.5) is 0 Å². The minimum absolute atomic E-state index is 0.103. The van der Waals surface area contributed by atoms with Gasteiger partial charge in [-0.1, -0.05) is 24.3 Å². The van der Waals surface area contributed by atoms with E-state index in [0.717, 1.165) is 44.7 Å². The van der Waals surface area contributed by atoms with Gasteiger partial charge in [-0.3, -0.25) is 9.78 Å². The van der Waals surface area contributed by atoms with Crippen LogP contribution in [0.15, 0.2) is 54.9 Å². The fourth-order valence-corrected chi connectivity index (χ4v) is 4.00. The second-order valence-electron chi connectivity index (χ2n) is 7.95. The fourth-order valence-electron chi connectivity index (χ4n) is 4.00. The first kappa shape index (κ1) is 21.3. The molecule has 2 aromatic rings. The molecule has 4 nitrogen and oxygen atoms in total. The number of likely N-dealkylation sites (N-methyl/N-ethyl adjacent to an activating group) is 1. The molecule has 1 saturated heterocycles. The summed E-state index contributed by atoms with van der Waals surface area (Å²) in [6, 6.07) is 12.5. The molecule has 1 aromatic heterocycles. The van der Waals surface area contributed by atoms with E-state index < -0.39 is 0 Å². The third-order valence-electron chi connectivity index (χ3n) is 5.96. The molecule has 0 atom stereocenters. The molecule has 154 valence electrons. The van der Waals surface area contributed by atoms with Crippen LogP contribution in [-0.4, -0.2) is 53.4 Å². The van der Waals surface area contributed by atoms with E-state index in [4.69, 9.17) is 0 Å². The number of hydrogen-bond acceptors (Lipinski definition) is 3. The zero-order valence-electron chi connectivity index (χ0n) is 17.8. The molecule has 3 rings (SSSR count). The molecular weight excluding hydrogens is 358 g/mol. The van der Waals surface area contributed by atoms with E-state index in [1.807, 2.05) is 23.1 Å². The number of amides is 1. The van der Waals surface area contributed by atoms with Crippen LogP contribution < -0.4 is 0 Å². The summed E-state index contributed by atoms with van der Waals surface area (Å²) in [6.07, 6.45) is 10.5. The predicted octanol–water partition coefficient (Wildman–Crippen LogP) is 4.21. The normalized spacial score (nSPS) is 15.7. The number of rotatable bonds is 8. The number of likely N-dealkylation sites (tertiary alicyclic amines) is 1. The first-order valence-corrected chi connectivity index (χ1v) is 10.8. The van der Waals surface area contributed by atoms with Crippen LogP contribution >= 0.6 is 0 Å². The minimum Gasteiger partial charge on any atom is -0.339 e. The van der Waals surface area contributed by atoms with Gasteiger partial charge in [0, 0.05) is 38.1 Å². The SMILES string of the molecule is CCN(CC1CCN(CCc2ccccc2C)CC1)C(=O)/C=C/c1ccncc1. The standard InChI is InChI=1S/C25H33N3O/c1-3-28(25(29)9-8-22-10-15-26-16-11-22)20-23-12-17-27(18-13-23)19-14-24-7-5-4-6-21(24)2/h4-11,15-16,23H,3,12-14,17-20H2,1-2H3/b9-8+. The van der Waals surface area contributed by atoms with Crippen LogP contribution in [0.3, 0.4) is 0 Å². The summed E-state index contributed by atoms with van der Waals surface area (Å²) < 4.78 is 0. The van der Waals surface area contributed by atoms with Crippen molar-refractivity contribution in [2.75, 3.05) is 32.7 Å². The van der Waals surface area contributed by atoms with Gasteiger partial charge < -0.3 is 9.80 Å². The van der Waals surface area contributed by atoms with Gasteiger partial charge in [0.2, 0.25) is 5.91 Å². The molecule has 1 aromatic carbocycles. The number of aryl methyl sites for hydroxylation is 1. The molecular formula is C25H33N3O. The maximum absolute atomic E-state index is 12.6. The van der Waals surface area contributed by atoms with E-state index in [9.17, 15) is 4.79 Å². The average Bonchev–Trinajstić information content (AvgIpc) is 2.77. The van der Waals surface area contributed by atoms with Crippen molar-refractivity contribution < 1.29 is 4.79 Å². The van der Waals surface area contributed by atoms with Gasteiger partial charge in [-0.15, -0.1) is 0 Å². The van der Waals surface area contributed by atoms with Gasteiger partial charge in [0.1, 0.15) is 0 Å². The van der Waals surface area contributed by atoms with Crippen LogP contribution in [0.2, 0.25) is 0 Å². The van der Waals surface area contributed by atoms with Crippen molar-refractivity contribution in [3.63, 3.8) is 0 Å². The van der Waals surface area contributed by atoms with Crippen molar-refractivity contribution in [3.8, 4) is 0 Å². The zero-order valence-corrected chi connectivity index (χ0v) is 17.8. The molecule has 1 fully saturated rings. The Bertz CT molecular complexity index is 795. The van der Waals surface area contributed by atoms with Crippen molar-refractivity contribution in [1.82, 2.24) is 14.8 Å².